The molecule has 2 aromatic rings. The molecule has 1 fully saturated rings. The summed E-state index contributed by atoms with van der Waals surface area (Å²) in [6, 6.07) is 9.49. The van der Waals surface area contributed by atoms with Crippen molar-refractivity contribution in [2.45, 2.75) is 25.7 Å². The van der Waals surface area contributed by atoms with Gasteiger partial charge < -0.3 is 19.8 Å². The van der Waals surface area contributed by atoms with Gasteiger partial charge in [-0.1, -0.05) is 12.1 Å². The molecule has 0 radical (unpaired) electrons. The molecule has 0 spiro atoms. The number of carbonyl (C=O) groups excluding carboxylic acids is 1. The largest absolute Gasteiger partial charge is 0.455 e. The van der Waals surface area contributed by atoms with Gasteiger partial charge in [0.1, 0.15) is 17.7 Å². The number of carbonyl (C=O) groups is 1. The predicted molar refractivity (Wildman–Crippen MR) is 82.2 cm³/mol. The van der Waals surface area contributed by atoms with Crippen LogP contribution >= 0.6 is 0 Å². The number of amides is 1. The Balaban J connectivity index is 1.77. The molecule has 6 heteroatoms. The molecule has 122 valence electrons. The zero-order valence-electron chi connectivity index (χ0n) is 12.9. The van der Waals surface area contributed by atoms with E-state index in [0.717, 1.165) is 5.56 Å². The molecule has 1 aromatic carbocycles. The van der Waals surface area contributed by atoms with E-state index in [1.54, 1.807) is 29.2 Å². The van der Waals surface area contributed by atoms with Crippen molar-refractivity contribution in [2.75, 3.05) is 13.1 Å². The SMILES string of the molecule is CC1CN(C(=O)c2ccc(CN)o2)CC(c2ccc(F)cc2)O1. The highest BCUT2D eigenvalue weighted by molar-refractivity contribution is 5.91. The van der Waals surface area contributed by atoms with Crippen molar-refractivity contribution in [3.05, 3.63) is 59.3 Å². The van der Waals surface area contributed by atoms with Gasteiger partial charge in [-0.25, -0.2) is 4.39 Å². The first-order valence-corrected chi connectivity index (χ1v) is 7.56. The van der Waals surface area contributed by atoms with Crippen LogP contribution < -0.4 is 5.73 Å². The molecule has 3 rings (SSSR count). The smallest absolute Gasteiger partial charge is 0.289 e. The summed E-state index contributed by atoms with van der Waals surface area (Å²) in [6.07, 6.45) is -0.404. The van der Waals surface area contributed by atoms with Crippen LogP contribution in [0.25, 0.3) is 0 Å². The van der Waals surface area contributed by atoms with E-state index >= 15 is 0 Å². The van der Waals surface area contributed by atoms with Crippen LogP contribution in [0.4, 0.5) is 4.39 Å². The summed E-state index contributed by atoms with van der Waals surface area (Å²) in [5.74, 6) is 0.365. The van der Waals surface area contributed by atoms with E-state index in [4.69, 9.17) is 14.9 Å². The van der Waals surface area contributed by atoms with Crippen molar-refractivity contribution >= 4 is 5.91 Å². The maximum atomic E-state index is 13.1. The second-order valence-electron chi connectivity index (χ2n) is 5.67. The molecule has 2 heterocycles. The molecule has 5 nitrogen and oxygen atoms in total. The van der Waals surface area contributed by atoms with Gasteiger partial charge in [0.05, 0.1) is 19.2 Å². The third-order valence-corrected chi connectivity index (χ3v) is 3.86. The van der Waals surface area contributed by atoms with E-state index in [-0.39, 0.29) is 36.2 Å². The summed E-state index contributed by atoms with van der Waals surface area (Å²) in [4.78, 5) is 14.3. The topological polar surface area (TPSA) is 68.7 Å². The lowest BCUT2D eigenvalue weighted by molar-refractivity contribution is -0.0697. The molecule has 1 aliphatic heterocycles. The minimum absolute atomic E-state index is 0.119. The maximum Gasteiger partial charge on any atom is 0.289 e. The molecule has 0 bridgehead atoms. The second-order valence-corrected chi connectivity index (χ2v) is 5.67. The average molecular weight is 318 g/mol. The molecular formula is C17H19FN2O3. The molecule has 2 atom stereocenters. The van der Waals surface area contributed by atoms with E-state index in [0.29, 0.717) is 18.8 Å². The minimum atomic E-state index is -0.296. The average Bonchev–Trinajstić information content (AvgIpc) is 3.03. The predicted octanol–water partition coefficient (Wildman–Crippen LogP) is 2.48. The number of hydrogen-bond donors (Lipinski definition) is 1. The van der Waals surface area contributed by atoms with Gasteiger partial charge in [-0.3, -0.25) is 4.79 Å². The zero-order chi connectivity index (χ0) is 16.4. The standard InChI is InChI=1S/C17H19FN2O3/c1-11-9-20(17(21)15-7-6-14(8-19)23-15)10-16(22-11)12-2-4-13(18)5-3-12/h2-7,11,16H,8-10,19H2,1H3. The highest BCUT2D eigenvalue weighted by Crippen LogP contribution is 2.26. The van der Waals surface area contributed by atoms with Crippen molar-refractivity contribution < 1.29 is 18.3 Å². The number of furan rings is 1. The summed E-state index contributed by atoms with van der Waals surface area (Å²) in [5.41, 5.74) is 6.35. The summed E-state index contributed by atoms with van der Waals surface area (Å²) in [6.45, 7) is 3.04. The summed E-state index contributed by atoms with van der Waals surface area (Å²) in [7, 11) is 0. The highest BCUT2D eigenvalue weighted by Gasteiger charge is 2.31. The summed E-state index contributed by atoms with van der Waals surface area (Å²) >= 11 is 0. The number of ether oxygens (including phenoxy) is 1. The minimum Gasteiger partial charge on any atom is -0.455 e. The van der Waals surface area contributed by atoms with E-state index in [9.17, 15) is 9.18 Å². The molecular weight excluding hydrogens is 299 g/mol. The Morgan fingerprint density at radius 2 is 2.00 bits per heavy atom. The number of hydrogen-bond acceptors (Lipinski definition) is 4. The van der Waals surface area contributed by atoms with Crippen molar-refractivity contribution in [3.63, 3.8) is 0 Å². The zero-order valence-corrected chi connectivity index (χ0v) is 12.9. The van der Waals surface area contributed by atoms with Gasteiger partial charge in [-0.15, -0.1) is 0 Å². The Morgan fingerprint density at radius 3 is 2.65 bits per heavy atom. The fourth-order valence-corrected chi connectivity index (χ4v) is 2.74. The molecule has 0 saturated carbocycles. The van der Waals surface area contributed by atoms with Crippen molar-refractivity contribution in [1.82, 2.24) is 4.90 Å². The van der Waals surface area contributed by atoms with Crippen LogP contribution in [0.3, 0.4) is 0 Å². The van der Waals surface area contributed by atoms with E-state index in [1.807, 2.05) is 6.92 Å². The van der Waals surface area contributed by atoms with Crippen LogP contribution in [0.1, 0.15) is 34.9 Å². The molecule has 1 aliphatic rings. The van der Waals surface area contributed by atoms with Crippen LogP contribution in [0.15, 0.2) is 40.8 Å². The number of nitrogens with two attached hydrogens (primary N) is 1. The first-order chi connectivity index (χ1) is 11.1. The molecule has 0 aliphatic carbocycles. The Morgan fingerprint density at radius 1 is 1.26 bits per heavy atom. The van der Waals surface area contributed by atoms with Crippen LogP contribution in [-0.2, 0) is 11.3 Å². The summed E-state index contributed by atoms with van der Waals surface area (Å²) in [5, 5.41) is 0. The summed E-state index contributed by atoms with van der Waals surface area (Å²) < 4.78 is 24.4. The Bertz CT molecular complexity index is 683. The number of morpholine rings is 1. The number of nitrogens with zero attached hydrogens (tertiary/aromatic N) is 1. The van der Waals surface area contributed by atoms with Gasteiger partial charge in [-0.05, 0) is 36.8 Å². The van der Waals surface area contributed by atoms with E-state index in [1.165, 1.54) is 12.1 Å². The van der Waals surface area contributed by atoms with Crippen LogP contribution in [0.5, 0.6) is 0 Å². The molecule has 2 unspecified atom stereocenters. The lowest BCUT2D eigenvalue weighted by Gasteiger charge is -2.36. The van der Waals surface area contributed by atoms with Crippen LogP contribution in [-0.4, -0.2) is 30.0 Å². The van der Waals surface area contributed by atoms with Gasteiger partial charge in [0.15, 0.2) is 5.76 Å². The van der Waals surface area contributed by atoms with Gasteiger partial charge in [0, 0.05) is 6.54 Å². The Labute approximate surface area is 133 Å². The quantitative estimate of drug-likeness (QED) is 0.944. The molecule has 1 amide bonds. The molecule has 2 N–H and O–H groups in total. The molecule has 23 heavy (non-hydrogen) atoms. The maximum absolute atomic E-state index is 13.1. The Hall–Kier alpha value is -2.18. The second kappa shape index (κ2) is 6.52. The van der Waals surface area contributed by atoms with E-state index < -0.39 is 0 Å². The fourth-order valence-electron chi connectivity index (χ4n) is 2.74. The third-order valence-electron chi connectivity index (χ3n) is 3.86. The van der Waals surface area contributed by atoms with Crippen LogP contribution in [0.2, 0.25) is 0 Å². The lowest BCUT2D eigenvalue weighted by Crippen LogP contribution is -2.45. The van der Waals surface area contributed by atoms with E-state index in [2.05, 4.69) is 0 Å². The third kappa shape index (κ3) is 3.43. The fraction of sp³-hybridized carbons (Fsp3) is 0.353. The van der Waals surface area contributed by atoms with Gasteiger partial charge in [0.25, 0.3) is 5.91 Å². The number of benzene rings is 1. The van der Waals surface area contributed by atoms with Crippen molar-refractivity contribution in [1.29, 1.82) is 0 Å². The monoisotopic (exact) mass is 318 g/mol. The first kappa shape index (κ1) is 15.7. The normalized spacial score (nSPS) is 21.4. The molecule has 1 aromatic heterocycles. The lowest BCUT2D eigenvalue weighted by atomic mass is 10.1. The Kier molecular flexibility index (Phi) is 4.45. The highest BCUT2D eigenvalue weighted by atomic mass is 19.1. The van der Waals surface area contributed by atoms with Gasteiger partial charge >= 0.3 is 0 Å². The van der Waals surface area contributed by atoms with Gasteiger partial charge in [0.2, 0.25) is 0 Å². The van der Waals surface area contributed by atoms with Crippen molar-refractivity contribution in [3.8, 4) is 0 Å². The first-order valence-electron chi connectivity index (χ1n) is 7.56. The molecule has 1 saturated heterocycles. The van der Waals surface area contributed by atoms with Crippen molar-refractivity contribution in [2.24, 2.45) is 5.73 Å². The number of halogens is 1. The number of rotatable bonds is 3. The van der Waals surface area contributed by atoms with Gasteiger partial charge in [-0.2, -0.15) is 0 Å². The van der Waals surface area contributed by atoms with Crippen LogP contribution in [0, 0.1) is 5.82 Å².